The van der Waals surface area contributed by atoms with Crippen molar-refractivity contribution in [3.05, 3.63) is 58.5 Å². The van der Waals surface area contributed by atoms with Crippen molar-refractivity contribution < 1.29 is 9.21 Å². The van der Waals surface area contributed by atoms with Crippen LogP contribution in [-0.4, -0.2) is 24.4 Å². The van der Waals surface area contributed by atoms with E-state index in [2.05, 4.69) is 28.2 Å². The molecule has 0 fully saturated rings. The Balaban J connectivity index is 1.87. The summed E-state index contributed by atoms with van der Waals surface area (Å²) in [5.74, 6) is 0.874. The minimum Gasteiger partial charge on any atom is -0.468 e. The molecule has 0 saturated heterocycles. The second-order valence-electron chi connectivity index (χ2n) is 5.33. The summed E-state index contributed by atoms with van der Waals surface area (Å²) in [6.45, 7) is 3.03. The maximum atomic E-state index is 12.2. The van der Waals surface area contributed by atoms with E-state index in [4.69, 9.17) is 4.42 Å². The Morgan fingerprint density at radius 1 is 1.32 bits per heavy atom. The van der Waals surface area contributed by atoms with Crippen molar-refractivity contribution in [1.82, 2.24) is 10.2 Å². The third-order valence-corrected chi connectivity index (χ3v) is 3.96. The molecular formula is C17H21BrN2O2. The van der Waals surface area contributed by atoms with Crippen LogP contribution in [0.3, 0.4) is 0 Å². The molecule has 0 saturated carbocycles. The van der Waals surface area contributed by atoms with Gasteiger partial charge >= 0.3 is 0 Å². The molecule has 0 aliphatic carbocycles. The third-order valence-electron chi connectivity index (χ3n) is 3.44. The van der Waals surface area contributed by atoms with E-state index in [1.165, 1.54) is 0 Å². The number of hydrogen-bond donors (Lipinski definition) is 1. The molecule has 4 nitrogen and oxygen atoms in total. The van der Waals surface area contributed by atoms with Crippen LogP contribution in [0.1, 0.15) is 30.7 Å². The molecule has 5 heteroatoms. The molecule has 0 aliphatic heterocycles. The number of rotatable bonds is 7. The van der Waals surface area contributed by atoms with Crippen molar-refractivity contribution >= 4 is 21.8 Å². The first kappa shape index (κ1) is 16.8. The summed E-state index contributed by atoms with van der Waals surface area (Å²) in [6.07, 6.45) is 2.50. The zero-order chi connectivity index (χ0) is 15.9. The molecule has 1 aromatic heterocycles. The number of likely N-dealkylation sites (N-methyl/N-ethyl adjacent to an activating group) is 1. The van der Waals surface area contributed by atoms with Gasteiger partial charge in [-0.15, -0.1) is 0 Å². The summed E-state index contributed by atoms with van der Waals surface area (Å²) in [7, 11) is 1.91. The molecule has 0 aliphatic rings. The molecule has 118 valence electrons. The fourth-order valence-corrected chi connectivity index (χ4v) is 2.59. The van der Waals surface area contributed by atoms with Crippen molar-refractivity contribution in [2.45, 2.75) is 25.9 Å². The lowest BCUT2D eigenvalue weighted by Gasteiger charge is -2.20. The van der Waals surface area contributed by atoms with Crippen molar-refractivity contribution in [1.29, 1.82) is 0 Å². The number of benzene rings is 1. The molecule has 0 bridgehead atoms. The lowest BCUT2D eigenvalue weighted by atomic mass is 10.0. The maximum absolute atomic E-state index is 12.2. The molecule has 1 aromatic carbocycles. The number of carbonyl (C=O) groups is 1. The van der Waals surface area contributed by atoms with Crippen LogP contribution in [0.4, 0.5) is 0 Å². The topological polar surface area (TPSA) is 45.5 Å². The fraction of sp³-hybridized carbons (Fsp3) is 0.353. The third kappa shape index (κ3) is 5.00. The molecule has 1 atom stereocenters. The molecule has 0 unspecified atom stereocenters. The standard InChI is InChI=1S/C17H21BrN2O2/c1-3-16(13-6-8-14(18)9-7-13)19-17(21)12-20(2)11-15-5-4-10-22-15/h4-10,16H,3,11-12H2,1-2H3,(H,19,21)/t16-/m1/s1. The van der Waals surface area contributed by atoms with Crippen LogP contribution in [0.25, 0.3) is 0 Å². The first-order valence-electron chi connectivity index (χ1n) is 7.34. The Labute approximate surface area is 139 Å². The van der Waals surface area contributed by atoms with Crippen molar-refractivity contribution in [3.63, 3.8) is 0 Å². The number of halogens is 1. The molecule has 22 heavy (non-hydrogen) atoms. The summed E-state index contributed by atoms with van der Waals surface area (Å²) < 4.78 is 6.33. The average Bonchev–Trinajstić information content (AvgIpc) is 2.98. The lowest BCUT2D eigenvalue weighted by Crippen LogP contribution is -2.36. The van der Waals surface area contributed by atoms with Crippen LogP contribution in [-0.2, 0) is 11.3 Å². The SMILES string of the molecule is CC[C@@H](NC(=O)CN(C)Cc1ccco1)c1ccc(Br)cc1. The van der Waals surface area contributed by atoms with Gasteiger partial charge < -0.3 is 9.73 Å². The molecule has 0 radical (unpaired) electrons. The number of furan rings is 1. The highest BCUT2D eigenvalue weighted by molar-refractivity contribution is 9.10. The Morgan fingerprint density at radius 2 is 2.05 bits per heavy atom. The Morgan fingerprint density at radius 3 is 2.64 bits per heavy atom. The first-order chi connectivity index (χ1) is 10.6. The van der Waals surface area contributed by atoms with Gasteiger partial charge in [0.2, 0.25) is 5.91 Å². The number of carbonyl (C=O) groups excluding carboxylic acids is 1. The molecule has 1 N–H and O–H groups in total. The van der Waals surface area contributed by atoms with E-state index in [1.807, 2.05) is 48.3 Å². The van der Waals surface area contributed by atoms with E-state index < -0.39 is 0 Å². The first-order valence-corrected chi connectivity index (χ1v) is 8.13. The Hall–Kier alpha value is -1.59. The van der Waals surface area contributed by atoms with Crippen molar-refractivity contribution in [2.75, 3.05) is 13.6 Å². The maximum Gasteiger partial charge on any atom is 0.234 e. The Bertz CT molecular complexity index is 581. The second kappa shape index (κ2) is 8.15. The van der Waals surface area contributed by atoms with Gasteiger partial charge in [0.1, 0.15) is 5.76 Å². The minimum absolute atomic E-state index is 0.0174. The number of hydrogen-bond acceptors (Lipinski definition) is 3. The monoisotopic (exact) mass is 364 g/mol. The lowest BCUT2D eigenvalue weighted by molar-refractivity contribution is -0.122. The van der Waals surface area contributed by atoms with Gasteiger partial charge in [-0.25, -0.2) is 0 Å². The quantitative estimate of drug-likeness (QED) is 0.813. The van der Waals surface area contributed by atoms with Gasteiger partial charge in [0.25, 0.3) is 0 Å². The zero-order valence-electron chi connectivity index (χ0n) is 12.9. The van der Waals surface area contributed by atoms with Crippen LogP contribution in [0.2, 0.25) is 0 Å². The van der Waals surface area contributed by atoms with E-state index >= 15 is 0 Å². The van der Waals surface area contributed by atoms with E-state index in [0.717, 1.165) is 22.2 Å². The van der Waals surface area contributed by atoms with Gasteiger partial charge in [-0.05, 0) is 43.3 Å². The van der Waals surface area contributed by atoms with Crippen LogP contribution >= 0.6 is 15.9 Å². The summed E-state index contributed by atoms with van der Waals surface area (Å²) >= 11 is 3.43. The Kier molecular flexibility index (Phi) is 6.21. The van der Waals surface area contributed by atoms with Gasteiger partial charge in [-0.3, -0.25) is 9.69 Å². The van der Waals surface area contributed by atoms with Crippen LogP contribution in [0.5, 0.6) is 0 Å². The van der Waals surface area contributed by atoms with Gasteiger partial charge in [-0.2, -0.15) is 0 Å². The van der Waals surface area contributed by atoms with Gasteiger partial charge in [-0.1, -0.05) is 35.0 Å². The normalized spacial score (nSPS) is 12.4. The van der Waals surface area contributed by atoms with Gasteiger partial charge in [0.05, 0.1) is 25.4 Å². The van der Waals surface area contributed by atoms with Crippen LogP contribution < -0.4 is 5.32 Å². The molecular weight excluding hydrogens is 344 g/mol. The number of nitrogens with zero attached hydrogens (tertiary/aromatic N) is 1. The summed E-state index contributed by atoms with van der Waals surface area (Å²) in [6, 6.07) is 11.9. The predicted octanol–water partition coefficient (Wildman–Crippen LogP) is 3.74. The summed E-state index contributed by atoms with van der Waals surface area (Å²) in [5.41, 5.74) is 1.12. The molecule has 1 amide bonds. The molecule has 2 rings (SSSR count). The molecule has 2 aromatic rings. The van der Waals surface area contributed by atoms with E-state index in [1.54, 1.807) is 6.26 Å². The fourth-order valence-electron chi connectivity index (χ4n) is 2.33. The second-order valence-corrected chi connectivity index (χ2v) is 6.25. The van der Waals surface area contributed by atoms with E-state index in [-0.39, 0.29) is 11.9 Å². The van der Waals surface area contributed by atoms with Gasteiger partial charge in [0, 0.05) is 4.47 Å². The van der Waals surface area contributed by atoms with Crippen molar-refractivity contribution in [2.24, 2.45) is 0 Å². The number of amides is 1. The number of nitrogens with one attached hydrogen (secondary N) is 1. The van der Waals surface area contributed by atoms with E-state index in [0.29, 0.717) is 13.1 Å². The predicted molar refractivity (Wildman–Crippen MR) is 90.4 cm³/mol. The average molecular weight is 365 g/mol. The largest absolute Gasteiger partial charge is 0.468 e. The van der Waals surface area contributed by atoms with Crippen LogP contribution in [0, 0.1) is 0 Å². The van der Waals surface area contributed by atoms with Crippen molar-refractivity contribution in [3.8, 4) is 0 Å². The van der Waals surface area contributed by atoms with Gasteiger partial charge in [0.15, 0.2) is 0 Å². The molecule has 0 spiro atoms. The zero-order valence-corrected chi connectivity index (χ0v) is 14.5. The van der Waals surface area contributed by atoms with Crippen LogP contribution in [0.15, 0.2) is 51.6 Å². The minimum atomic E-state index is 0.0174. The molecule has 1 heterocycles. The summed E-state index contributed by atoms with van der Waals surface area (Å²) in [5, 5.41) is 3.09. The highest BCUT2D eigenvalue weighted by atomic mass is 79.9. The summed E-state index contributed by atoms with van der Waals surface area (Å²) in [4.78, 5) is 14.1. The highest BCUT2D eigenvalue weighted by Gasteiger charge is 2.14. The smallest absolute Gasteiger partial charge is 0.234 e. The highest BCUT2D eigenvalue weighted by Crippen LogP contribution is 2.19. The van der Waals surface area contributed by atoms with E-state index in [9.17, 15) is 4.79 Å².